The van der Waals surface area contributed by atoms with Gasteiger partial charge in [-0.3, -0.25) is 4.99 Å². The molecule has 3 rings (SSSR count). The van der Waals surface area contributed by atoms with E-state index in [0.717, 1.165) is 42.7 Å². The third-order valence-corrected chi connectivity index (χ3v) is 4.20. The number of hydrogen-bond donors (Lipinski definition) is 2. The minimum absolute atomic E-state index is 0.298. The van der Waals surface area contributed by atoms with Crippen LogP contribution in [0.2, 0.25) is 0 Å². The number of likely N-dealkylation sites (N-methyl/N-ethyl adjacent to an activating group) is 1. The highest BCUT2D eigenvalue weighted by Crippen LogP contribution is 2.32. The van der Waals surface area contributed by atoms with E-state index in [1.54, 1.807) is 7.05 Å². The number of guanidine groups is 1. The van der Waals surface area contributed by atoms with Crippen LogP contribution in [0.15, 0.2) is 53.5 Å². The summed E-state index contributed by atoms with van der Waals surface area (Å²) in [6.45, 7) is 3.66. The van der Waals surface area contributed by atoms with E-state index in [1.165, 1.54) is 5.56 Å². The second kappa shape index (κ2) is 9.10. The van der Waals surface area contributed by atoms with Gasteiger partial charge in [-0.15, -0.1) is 0 Å². The molecule has 0 bridgehead atoms. The second-order valence-corrected chi connectivity index (χ2v) is 6.26. The Morgan fingerprint density at radius 1 is 1.04 bits per heavy atom. The maximum atomic E-state index is 5.41. The van der Waals surface area contributed by atoms with Crippen LogP contribution in [0.1, 0.15) is 11.1 Å². The molecule has 2 N–H and O–H groups in total. The lowest BCUT2D eigenvalue weighted by atomic mass is 10.2. The predicted molar refractivity (Wildman–Crippen MR) is 104 cm³/mol. The zero-order valence-electron chi connectivity index (χ0n) is 15.4. The summed E-state index contributed by atoms with van der Waals surface area (Å²) in [5.41, 5.74) is 2.44. The summed E-state index contributed by atoms with van der Waals surface area (Å²) in [6, 6.07) is 16.4. The molecule has 2 aromatic rings. The van der Waals surface area contributed by atoms with Crippen LogP contribution in [0.4, 0.5) is 0 Å². The van der Waals surface area contributed by atoms with Crippen LogP contribution in [0.3, 0.4) is 0 Å². The molecular weight excluding hydrogens is 328 g/mol. The van der Waals surface area contributed by atoms with Gasteiger partial charge in [0.2, 0.25) is 6.79 Å². The zero-order valence-corrected chi connectivity index (χ0v) is 15.4. The molecule has 0 fully saturated rings. The molecule has 0 spiro atoms. The summed E-state index contributed by atoms with van der Waals surface area (Å²) in [6.07, 6.45) is 0. The van der Waals surface area contributed by atoms with Crippen LogP contribution >= 0.6 is 0 Å². The first kappa shape index (κ1) is 18.1. The highest BCUT2D eigenvalue weighted by atomic mass is 16.7. The summed E-state index contributed by atoms with van der Waals surface area (Å²) in [5, 5.41) is 6.67. The maximum absolute atomic E-state index is 5.41. The van der Waals surface area contributed by atoms with Crippen molar-refractivity contribution >= 4 is 5.96 Å². The molecule has 26 heavy (non-hydrogen) atoms. The van der Waals surface area contributed by atoms with E-state index in [-0.39, 0.29) is 0 Å². The average molecular weight is 354 g/mol. The number of benzene rings is 2. The Balaban J connectivity index is 1.39. The monoisotopic (exact) mass is 354 g/mol. The molecule has 6 nitrogen and oxygen atoms in total. The van der Waals surface area contributed by atoms with Crippen LogP contribution in [0, 0.1) is 0 Å². The summed E-state index contributed by atoms with van der Waals surface area (Å²) < 4.78 is 10.7. The first-order valence-corrected chi connectivity index (χ1v) is 8.80. The molecule has 0 atom stereocenters. The van der Waals surface area contributed by atoms with Crippen molar-refractivity contribution in [2.24, 2.45) is 4.99 Å². The van der Waals surface area contributed by atoms with Crippen molar-refractivity contribution in [1.82, 2.24) is 15.5 Å². The van der Waals surface area contributed by atoms with Gasteiger partial charge in [0.05, 0.1) is 0 Å². The minimum atomic E-state index is 0.298. The number of hydrogen-bond acceptors (Lipinski definition) is 4. The van der Waals surface area contributed by atoms with Gasteiger partial charge >= 0.3 is 0 Å². The van der Waals surface area contributed by atoms with E-state index in [4.69, 9.17) is 9.47 Å². The number of aliphatic imine (C=N–C) groups is 1. The Labute approximate surface area is 154 Å². The fraction of sp³-hybridized carbons (Fsp3) is 0.350. The fourth-order valence-corrected chi connectivity index (χ4v) is 2.80. The lowest BCUT2D eigenvalue weighted by Crippen LogP contribution is -2.40. The number of nitrogens with zero attached hydrogens (tertiary/aromatic N) is 2. The lowest BCUT2D eigenvalue weighted by molar-refractivity contribution is 0.174. The van der Waals surface area contributed by atoms with Crippen molar-refractivity contribution in [1.29, 1.82) is 0 Å². The molecule has 1 aliphatic rings. The standard InChI is InChI=1S/C20H26N4O2/c1-21-20(22-10-11-24(2)14-16-6-4-3-5-7-16)23-13-17-8-9-18-19(12-17)26-15-25-18/h3-9,12H,10-11,13-15H2,1-2H3,(H2,21,22,23). The Bertz CT molecular complexity index is 734. The predicted octanol–water partition coefficient (Wildman–Crippen LogP) is 2.21. The Morgan fingerprint density at radius 2 is 1.85 bits per heavy atom. The number of rotatable bonds is 7. The van der Waals surface area contributed by atoms with E-state index in [2.05, 4.69) is 51.8 Å². The summed E-state index contributed by atoms with van der Waals surface area (Å²) in [4.78, 5) is 6.56. The van der Waals surface area contributed by atoms with Gasteiger partial charge in [0.15, 0.2) is 17.5 Å². The smallest absolute Gasteiger partial charge is 0.231 e. The quantitative estimate of drug-likeness (QED) is 0.590. The molecule has 2 aromatic carbocycles. The van der Waals surface area contributed by atoms with Crippen molar-refractivity contribution in [3.8, 4) is 11.5 Å². The molecule has 6 heteroatoms. The van der Waals surface area contributed by atoms with Crippen LogP contribution in [0.25, 0.3) is 0 Å². The summed E-state index contributed by atoms with van der Waals surface area (Å²) in [7, 11) is 3.90. The number of nitrogens with one attached hydrogen (secondary N) is 2. The highest BCUT2D eigenvalue weighted by Gasteiger charge is 2.13. The van der Waals surface area contributed by atoms with Crippen molar-refractivity contribution in [2.75, 3.05) is 34.0 Å². The van der Waals surface area contributed by atoms with Crippen molar-refractivity contribution in [3.63, 3.8) is 0 Å². The van der Waals surface area contributed by atoms with Gasteiger partial charge in [-0.05, 0) is 30.3 Å². The van der Waals surface area contributed by atoms with E-state index in [1.807, 2.05) is 24.3 Å². The molecule has 0 unspecified atom stereocenters. The molecule has 0 radical (unpaired) electrons. The Hall–Kier alpha value is -2.73. The van der Waals surface area contributed by atoms with Gasteiger partial charge in [-0.1, -0.05) is 36.4 Å². The van der Waals surface area contributed by atoms with Crippen molar-refractivity contribution in [2.45, 2.75) is 13.1 Å². The zero-order chi connectivity index (χ0) is 18.2. The van der Waals surface area contributed by atoms with Crippen molar-refractivity contribution in [3.05, 3.63) is 59.7 Å². The lowest BCUT2D eigenvalue weighted by Gasteiger charge is -2.18. The van der Waals surface area contributed by atoms with Crippen LogP contribution in [-0.4, -0.2) is 44.8 Å². The molecule has 1 aliphatic heterocycles. The largest absolute Gasteiger partial charge is 0.454 e. The number of fused-ring (bicyclic) bond motifs is 1. The van der Waals surface area contributed by atoms with E-state index >= 15 is 0 Å². The SMILES string of the molecule is CN=C(NCCN(C)Cc1ccccc1)NCc1ccc2c(c1)OCO2. The third kappa shape index (κ3) is 5.13. The topological polar surface area (TPSA) is 58.1 Å². The van der Waals surface area contributed by atoms with Gasteiger partial charge in [0, 0.05) is 33.2 Å². The van der Waals surface area contributed by atoms with E-state index in [9.17, 15) is 0 Å². The van der Waals surface area contributed by atoms with Gasteiger partial charge < -0.3 is 25.0 Å². The van der Waals surface area contributed by atoms with Gasteiger partial charge in [-0.2, -0.15) is 0 Å². The third-order valence-electron chi connectivity index (χ3n) is 4.20. The summed E-state index contributed by atoms with van der Waals surface area (Å²) in [5.74, 6) is 2.39. The molecule has 0 saturated carbocycles. The van der Waals surface area contributed by atoms with Crippen LogP contribution in [0.5, 0.6) is 11.5 Å². The number of ether oxygens (including phenoxy) is 2. The van der Waals surface area contributed by atoms with E-state index < -0.39 is 0 Å². The second-order valence-electron chi connectivity index (χ2n) is 6.26. The highest BCUT2D eigenvalue weighted by molar-refractivity contribution is 5.79. The fourth-order valence-electron chi connectivity index (χ4n) is 2.80. The van der Waals surface area contributed by atoms with Crippen molar-refractivity contribution < 1.29 is 9.47 Å². The van der Waals surface area contributed by atoms with Crippen LogP contribution in [-0.2, 0) is 13.1 Å². The Kier molecular flexibility index (Phi) is 6.33. The van der Waals surface area contributed by atoms with Crippen LogP contribution < -0.4 is 20.1 Å². The Morgan fingerprint density at radius 3 is 2.65 bits per heavy atom. The molecule has 0 amide bonds. The molecule has 0 aliphatic carbocycles. The first-order chi connectivity index (χ1) is 12.7. The molecule has 1 heterocycles. The molecular formula is C20H26N4O2. The minimum Gasteiger partial charge on any atom is -0.454 e. The van der Waals surface area contributed by atoms with Gasteiger partial charge in [-0.25, -0.2) is 0 Å². The molecule has 0 saturated heterocycles. The normalized spacial score (nSPS) is 13.1. The molecule has 0 aromatic heterocycles. The average Bonchev–Trinajstić information content (AvgIpc) is 3.13. The molecule has 138 valence electrons. The first-order valence-electron chi connectivity index (χ1n) is 8.80. The maximum Gasteiger partial charge on any atom is 0.231 e. The van der Waals surface area contributed by atoms with Gasteiger partial charge in [0.25, 0.3) is 0 Å². The summed E-state index contributed by atoms with van der Waals surface area (Å²) >= 11 is 0. The van der Waals surface area contributed by atoms with Gasteiger partial charge in [0.1, 0.15) is 0 Å². The van der Waals surface area contributed by atoms with E-state index in [0.29, 0.717) is 13.3 Å².